The van der Waals surface area contributed by atoms with Crippen molar-refractivity contribution in [3.8, 4) is 0 Å². The standard InChI is InChI=1S/C19H25F3N6/c20-19(21,22)15-9-3-8-14(25-15)16-26-17(23-10-12-4-1-5-12)28-18(27-16)24-11-13-6-2-7-13/h3,8-9,12-13,17,23H,1-2,4-7,10-11H2,(H2,24,26,27,28). The van der Waals surface area contributed by atoms with Crippen molar-refractivity contribution < 1.29 is 13.2 Å². The van der Waals surface area contributed by atoms with Crippen LogP contribution in [-0.2, 0) is 6.18 Å². The lowest BCUT2D eigenvalue weighted by Gasteiger charge is -2.31. The second-order valence-corrected chi connectivity index (χ2v) is 7.75. The normalized spacial score (nSPS) is 24.8. The van der Waals surface area contributed by atoms with Gasteiger partial charge in [0.25, 0.3) is 0 Å². The van der Waals surface area contributed by atoms with Gasteiger partial charge in [-0.25, -0.2) is 9.98 Å². The first kappa shape index (κ1) is 19.2. The molecule has 1 aromatic heterocycles. The second-order valence-electron chi connectivity index (χ2n) is 7.75. The minimum atomic E-state index is -4.49. The van der Waals surface area contributed by atoms with E-state index in [4.69, 9.17) is 0 Å². The number of halogens is 3. The minimum absolute atomic E-state index is 0.156. The Morgan fingerprint density at radius 3 is 2.50 bits per heavy atom. The summed E-state index contributed by atoms with van der Waals surface area (Å²) in [7, 11) is 0. The molecule has 3 N–H and O–H groups in total. The van der Waals surface area contributed by atoms with E-state index in [1.54, 1.807) is 0 Å². The van der Waals surface area contributed by atoms with E-state index in [0.29, 0.717) is 30.2 Å². The topological polar surface area (TPSA) is 73.7 Å². The molecule has 0 saturated heterocycles. The Hall–Kier alpha value is -2.16. The minimum Gasteiger partial charge on any atom is -0.322 e. The number of hydrogen-bond acceptors (Lipinski definition) is 4. The number of hydrogen-bond donors (Lipinski definition) is 3. The molecule has 1 unspecified atom stereocenters. The van der Waals surface area contributed by atoms with Gasteiger partial charge in [-0.1, -0.05) is 18.9 Å². The Kier molecular flexibility index (Phi) is 5.52. The molecule has 4 rings (SSSR count). The smallest absolute Gasteiger partial charge is 0.322 e. The van der Waals surface area contributed by atoms with E-state index in [2.05, 4.69) is 30.9 Å². The maximum atomic E-state index is 13.0. The number of alkyl halides is 3. The molecule has 1 aromatic rings. The Labute approximate surface area is 162 Å². The van der Waals surface area contributed by atoms with Crippen LogP contribution in [0.1, 0.15) is 49.9 Å². The summed E-state index contributed by atoms with van der Waals surface area (Å²) in [6, 6.07) is 3.83. The molecule has 0 aromatic carbocycles. The largest absolute Gasteiger partial charge is 0.433 e. The van der Waals surface area contributed by atoms with E-state index in [1.165, 1.54) is 50.7 Å². The number of pyridine rings is 1. The van der Waals surface area contributed by atoms with Crippen LogP contribution in [0.3, 0.4) is 0 Å². The fourth-order valence-electron chi connectivity index (χ4n) is 3.38. The monoisotopic (exact) mass is 394 g/mol. The van der Waals surface area contributed by atoms with Crippen LogP contribution < -0.4 is 16.0 Å². The molecule has 3 aliphatic rings. The molecule has 1 aliphatic heterocycles. The van der Waals surface area contributed by atoms with E-state index in [-0.39, 0.29) is 5.69 Å². The summed E-state index contributed by atoms with van der Waals surface area (Å²) < 4.78 is 39.1. The van der Waals surface area contributed by atoms with Gasteiger partial charge in [0.15, 0.2) is 18.1 Å². The first-order valence-corrected chi connectivity index (χ1v) is 9.91. The number of nitrogens with one attached hydrogen (secondary N) is 3. The van der Waals surface area contributed by atoms with Gasteiger partial charge in [0.1, 0.15) is 11.4 Å². The van der Waals surface area contributed by atoms with Crippen LogP contribution in [0.2, 0.25) is 0 Å². The summed E-state index contributed by atoms with van der Waals surface area (Å²) in [6.07, 6.45) is 2.32. The van der Waals surface area contributed by atoms with Crippen LogP contribution in [-0.4, -0.2) is 36.2 Å². The van der Waals surface area contributed by atoms with Gasteiger partial charge in [0, 0.05) is 13.1 Å². The van der Waals surface area contributed by atoms with Crippen LogP contribution in [0.5, 0.6) is 0 Å². The van der Waals surface area contributed by atoms with Gasteiger partial charge in [-0.05, 0) is 49.7 Å². The molecule has 9 heteroatoms. The third kappa shape index (κ3) is 4.63. The summed E-state index contributed by atoms with van der Waals surface area (Å²) in [5.74, 6) is 2.05. The summed E-state index contributed by atoms with van der Waals surface area (Å²) >= 11 is 0. The van der Waals surface area contributed by atoms with E-state index >= 15 is 0 Å². The number of rotatable bonds is 6. The zero-order chi connectivity index (χ0) is 19.6. The number of amidine groups is 1. The third-order valence-corrected chi connectivity index (χ3v) is 5.61. The molecule has 0 spiro atoms. The van der Waals surface area contributed by atoms with Crippen molar-refractivity contribution in [3.05, 3.63) is 29.6 Å². The molecule has 2 saturated carbocycles. The first-order chi connectivity index (χ1) is 13.5. The van der Waals surface area contributed by atoms with Crippen LogP contribution in [0, 0.1) is 11.8 Å². The van der Waals surface area contributed by atoms with Crippen molar-refractivity contribution in [3.63, 3.8) is 0 Å². The number of aromatic nitrogens is 1. The van der Waals surface area contributed by atoms with Crippen LogP contribution in [0.4, 0.5) is 13.2 Å². The predicted octanol–water partition coefficient (Wildman–Crippen LogP) is 2.87. The zero-order valence-corrected chi connectivity index (χ0v) is 15.6. The molecule has 6 nitrogen and oxygen atoms in total. The zero-order valence-electron chi connectivity index (χ0n) is 15.6. The van der Waals surface area contributed by atoms with E-state index in [0.717, 1.165) is 12.6 Å². The summed E-state index contributed by atoms with van der Waals surface area (Å²) in [4.78, 5) is 12.8. The summed E-state index contributed by atoms with van der Waals surface area (Å²) in [5, 5.41) is 9.56. The lowest BCUT2D eigenvalue weighted by Crippen LogP contribution is -2.57. The van der Waals surface area contributed by atoms with E-state index in [9.17, 15) is 13.2 Å². The summed E-state index contributed by atoms with van der Waals surface area (Å²) in [5.41, 5.74) is -0.775. The molecular weight excluding hydrogens is 369 g/mol. The van der Waals surface area contributed by atoms with Gasteiger partial charge in [-0.15, -0.1) is 0 Å². The Balaban J connectivity index is 1.52. The lowest BCUT2D eigenvalue weighted by molar-refractivity contribution is -0.141. The van der Waals surface area contributed by atoms with Crippen molar-refractivity contribution in [1.29, 1.82) is 0 Å². The number of guanidine groups is 1. The average Bonchev–Trinajstić information content (AvgIpc) is 2.58. The number of nitrogens with zero attached hydrogens (tertiary/aromatic N) is 3. The molecule has 0 bridgehead atoms. The number of aliphatic imine (C=N–C) groups is 2. The van der Waals surface area contributed by atoms with Crippen molar-refractivity contribution in [2.75, 3.05) is 13.1 Å². The Morgan fingerprint density at radius 1 is 1.11 bits per heavy atom. The highest BCUT2D eigenvalue weighted by molar-refractivity contribution is 6.09. The molecule has 0 radical (unpaired) electrons. The summed E-state index contributed by atoms with van der Waals surface area (Å²) in [6.45, 7) is 1.52. The second kappa shape index (κ2) is 8.06. The van der Waals surface area contributed by atoms with Gasteiger partial charge in [-0.3, -0.25) is 10.3 Å². The molecule has 28 heavy (non-hydrogen) atoms. The Morgan fingerprint density at radius 2 is 1.86 bits per heavy atom. The van der Waals surface area contributed by atoms with Crippen LogP contribution in [0.15, 0.2) is 28.2 Å². The highest BCUT2D eigenvalue weighted by atomic mass is 19.4. The molecular formula is C19H25F3N6. The van der Waals surface area contributed by atoms with Gasteiger partial charge >= 0.3 is 6.18 Å². The fraction of sp³-hybridized carbons (Fsp3) is 0.632. The molecule has 1 atom stereocenters. The van der Waals surface area contributed by atoms with Crippen LogP contribution >= 0.6 is 0 Å². The average molecular weight is 394 g/mol. The maximum Gasteiger partial charge on any atom is 0.433 e. The molecule has 152 valence electrons. The fourth-order valence-corrected chi connectivity index (χ4v) is 3.38. The van der Waals surface area contributed by atoms with Crippen molar-refractivity contribution in [2.45, 2.75) is 51.0 Å². The Bertz CT molecular complexity index is 752. The van der Waals surface area contributed by atoms with Crippen LogP contribution in [0.25, 0.3) is 0 Å². The van der Waals surface area contributed by atoms with E-state index < -0.39 is 18.2 Å². The molecule has 2 heterocycles. The first-order valence-electron chi connectivity index (χ1n) is 9.91. The maximum absolute atomic E-state index is 13.0. The SMILES string of the molecule is FC(F)(F)c1cccc(C2=NC(NCC3CCC3)NC(=NCC3CCC3)N2)n1. The van der Waals surface area contributed by atoms with Gasteiger partial charge in [-0.2, -0.15) is 13.2 Å². The van der Waals surface area contributed by atoms with Gasteiger partial charge in [0.2, 0.25) is 0 Å². The molecule has 2 fully saturated rings. The van der Waals surface area contributed by atoms with Gasteiger partial charge < -0.3 is 10.6 Å². The van der Waals surface area contributed by atoms with Crippen molar-refractivity contribution >= 4 is 11.8 Å². The molecule has 2 aliphatic carbocycles. The highest BCUT2D eigenvalue weighted by Crippen LogP contribution is 2.28. The highest BCUT2D eigenvalue weighted by Gasteiger charge is 2.33. The predicted molar refractivity (Wildman–Crippen MR) is 101 cm³/mol. The quantitative estimate of drug-likeness (QED) is 0.694. The van der Waals surface area contributed by atoms with Gasteiger partial charge in [0.05, 0.1) is 0 Å². The third-order valence-electron chi connectivity index (χ3n) is 5.61. The van der Waals surface area contributed by atoms with Crippen molar-refractivity contribution in [2.24, 2.45) is 21.8 Å². The van der Waals surface area contributed by atoms with E-state index in [1.807, 2.05) is 0 Å². The van der Waals surface area contributed by atoms with Crippen molar-refractivity contribution in [1.82, 2.24) is 20.9 Å². The lowest BCUT2D eigenvalue weighted by atomic mass is 9.85. The molecule has 0 amide bonds.